The Morgan fingerprint density at radius 2 is 1.56 bits per heavy atom. The zero-order valence-corrected chi connectivity index (χ0v) is 14.6. The van der Waals surface area contributed by atoms with Crippen molar-refractivity contribution in [1.29, 1.82) is 0 Å². The lowest BCUT2D eigenvalue weighted by molar-refractivity contribution is 0.0952. The van der Waals surface area contributed by atoms with Crippen molar-refractivity contribution in [1.82, 2.24) is 15.6 Å². The Morgan fingerprint density at radius 1 is 0.920 bits per heavy atom. The molecule has 2 aromatic rings. The van der Waals surface area contributed by atoms with E-state index in [1.165, 1.54) is 18.0 Å². The summed E-state index contributed by atoms with van der Waals surface area (Å²) in [4.78, 5) is 28.3. The molecule has 1 aromatic heterocycles. The van der Waals surface area contributed by atoms with Crippen LogP contribution < -0.4 is 10.6 Å². The molecule has 132 valence electrons. The second-order valence-electron chi connectivity index (χ2n) is 5.92. The van der Waals surface area contributed by atoms with Crippen LogP contribution in [0.25, 0.3) is 0 Å². The first-order valence-corrected chi connectivity index (χ1v) is 8.76. The summed E-state index contributed by atoms with van der Waals surface area (Å²) >= 11 is 0. The van der Waals surface area contributed by atoms with Crippen molar-refractivity contribution in [2.45, 2.75) is 32.6 Å². The van der Waals surface area contributed by atoms with Gasteiger partial charge in [-0.25, -0.2) is 0 Å². The monoisotopic (exact) mass is 339 g/mol. The first-order valence-electron chi connectivity index (χ1n) is 8.76. The summed E-state index contributed by atoms with van der Waals surface area (Å²) in [7, 11) is 0. The molecule has 0 saturated carbocycles. The van der Waals surface area contributed by atoms with Gasteiger partial charge in [-0.05, 0) is 24.5 Å². The van der Waals surface area contributed by atoms with E-state index in [2.05, 4.69) is 22.5 Å². The lowest BCUT2D eigenvalue weighted by Gasteiger charge is -2.07. The number of pyridine rings is 1. The molecular weight excluding hydrogens is 314 g/mol. The van der Waals surface area contributed by atoms with Crippen LogP contribution in [0.2, 0.25) is 0 Å². The number of benzene rings is 1. The topological polar surface area (TPSA) is 71.1 Å². The van der Waals surface area contributed by atoms with E-state index < -0.39 is 0 Å². The van der Waals surface area contributed by atoms with Crippen LogP contribution in [0.1, 0.15) is 52.5 Å². The van der Waals surface area contributed by atoms with Crippen molar-refractivity contribution in [3.8, 4) is 0 Å². The van der Waals surface area contributed by atoms with Crippen LogP contribution in [-0.4, -0.2) is 29.9 Å². The zero-order valence-electron chi connectivity index (χ0n) is 14.6. The maximum atomic E-state index is 12.2. The van der Waals surface area contributed by atoms with Gasteiger partial charge in [0.2, 0.25) is 0 Å². The predicted octanol–water partition coefficient (Wildman–Crippen LogP) is 2.97. The summed E-state index contributed by atoms with van der Waals surface area (Å²) in [5.41, 5.74) is 1.97. The molecule has 0 aliphatic carbocycles. The Bertz CT molecular complexity index is 686. The van der Waals surface area contributed by atoms with Gasteiger partial charge in [0.15, 0.2) is 0 Å². The Hall–Kier alpha value is -2.69. The van der Waals surface area contributed by atoms with E-state index in [4.69, 9.17) is 0 Å². The van der Waals surface area contributed by atoms with E-state index in [0.717, 1.165) is 25.7 Å². The smallest absolute Gasteiger partial charge is 0.252 e. The highest BCUT2D eigenvalue weighted by molar-refractivity contribution is 5.99. The highest BCUT2D eigenvalue weighted by atomic mass is 16.2. The molecule has 0 bridgehead atoms. The van der Waals surface area contributed by atoms with Crippen molar-refractivity contribution in [3.05, 3.63) is 65.5 Å². The van der Waals surface area contributed by atoms with Crippen LogP contribution in [0.3, 0.4) is 0 Å². The van der Waals surface area contributed by atoms with E-state index in [-0.39, 0.29) is 11.8 Å². The van der Waals surface area contributed by atoms with Crippen LogP contribution in [0.5, 0.6) is 0 Å². The summed E-state index contributed by atoms with van der Waals surface area (Å²) in [6.45, 7) is 3.29. The highest BCUT2D eigenvalue weighted by Crippen LogP contribution is 2.04. The Morgan fingerprint density at radius 3 is 2.20 bits per heavy atom. The van der Waals surface area contributed by atoms with Crippen molar-refractivity contribution >= 4 is 11.8 Å². The van der Waals surface area contributed by atoms with Crippen molar-refractivity contribution < 1.29 is 9.59 Å². The van der Waals surface area contributed by atoms with Crippen LogP contribution in [0.15, 0.2) is 48.8 Å². The minimum atomic E-state index is -0.218. The van der Waals surface area contributed by atoms with Gasteiger partial charge < -0.3 is 10.6 Å². The van der Waals surface area contributed by atoms with Gasteiger partial charge in [-0.15, -0.1) is 0 Å². The number of hydrogen-bond acceptors (Lipinski definition) is 3. The van der Waals surface area contributed by atoms with Crippen LogP contribution in [-0.2, 0) is 6.42 Å². The maximum Gasteiger partial charge on any atom is 0.252 e. The van der Waals surface area contributed by atoms with Gasteiger partial charge >= 0.3 is 0 Å². The molecule has 25 heavy (non-hydrogen) atoms. The minimum absolute atomic E-state index is 0.192. The van der Waals surface area contributed by atoms with Gasteiger partial charge in [-0.3, -0.25) is 14.6 Å². The van der Waals surface area contributed by atoms with Gasteiger partial charge in [-0.1, -0.05) is 50.1 Å². The number of rotatable bonds is 9. The predicted molar refractivity (Wildman–Crippen MR) is 98.6 cm³/mol. The third-order valence-electron chi connectivity index (χ3n) is 3.87. The number of hydrogen-bond donors (Lipinski definition) is 2. The van der Waals surface area contributed by atoms with Crippen molar-refractivity contribution in [2.24, 2.45) is 0 Å². The lowest BCUT2D eigenvalue weighted by atomic mass is 10.1. The molecule has 2 rings (SSSR count). The molecule has 0 aliphatic rings. The van der Waals surface area contributed by atoms with E-state index >= 15 is 0 Å². The van der Waals surface area contributed by atoms with Crippen molar-refractivity contribution in [3.63, 3.8) is 0 Å². The van der Waals surface area contributed by atoms with Crippen LogP contribution >= 0.6 is 0 Å². The number of aromatic nitrogens is 1. The Labute approximate surface area is 148 Å². The summed E-state index contributed by atoms with van der Waals surface area (Å²) in [6, 6.07) is 11.5. The van der Waals surface area contributed by atoms with E-state index in [0.29, 0.717) is 24.2 Å². The molecular formula is C20H25N3O2. The van der Waals surface area contributed by atoms with Gasteiger partial charge in [0.1, 0.15) is 0 Å². The molecule has 1 heterocycles. The fourth-order valence-corrected chi connectivity index (χ4v) is 2.43. The van der Waals surface area contributed by atoms with Gasteiger partial charge in [0, 0.05) is 25.5 Å². The second-order valence-corrected chi connectivity index (χ2v) is 5.92. The Kier molecular flexibility index (Phi) is 7.63. The summed E-state index contributed by atoms with van der Waals surface area (Å²) in [6.07, 6.45) is 6.87. The third kappa shape index (κ3) is 6.37. The molecule has 5 heteroatoms. The average Bonchev–Trinajstić information content (AvgIpc) is 2.66. The number of amides is 2. The number of nitrogens with one attached hydrogen (secondary N) is 2. The first-order chi connectivity index (χ1) is 12.2. The van der Waals surface area contributed by atoms with Crippen molar-refractivity contribution in [2.75, 3.05) is 13.1 Å². The number of unbranched alkanes of at least 4 members (excludes halogenated alkanes) is 2. The van der Waals surface area contributed by atoms with Gasteiger partial charge in [0.05, 0.1) is 11.1 Å². The highest BCUT2D eigenvalue weighted by Gasteiger charge is 2.10. The molecule has 0 radical (unpaired) electrons. The van der Waals surface area contributed by atoms with Gasteiger partial charge in [0.25, 0.3) is 11.8 Å². The lowest BCUT2D eigenvalue weighted by Crippen LogP contribution is -2.27. The maximum absolute atomic E-state index is 12.2. The molecule has 0 fully saturated rings. The summed E-state index contributed by atoms with van der Waals surface area (Å²) < 4.78 is 0. The third-order valence-corrected chi connectivity index (χ3v) is 3.87. The molecule has 0 aliphatic heterocycles. The number of carbonyl (C=O) groups excluding carboxylic acids is 2. The molecule has 0 spiro atoms. The number of carbonyl (C=O) groups is 2. The van der Waals surface area contributed by atoms with Crippen LogP contribution in [0, 0.1) is 0 Å². The molecule has 0 atom stereocenters. The first kappa shape index (κ1) is 18.6. The molecule has 5 nitrogen and oxygen atoms in total. The van der Waals surface area contributed by atoms with E-state index in [9.17, 15) is 9.59 Å². The molecule has 2 N–H and O–H groups in total. The fraction of sp³-hybridized carbons (Fsp3) is 0.350. The molecule has 0 saturated heterocycles. The summed E-state index contributed by atoms with van der Waals surface area (Å²) in [5.74, 6) is -0.411. The zero-order chi connectivity index (χ0) is 17.9. The summed E-state index contributed by atoms with van der Waals surface area (Å²) in [5, 5.41) is 5.72. The molecule has 0 unspecified atom stereocenters. The largest absolute Gasteiger partial charge is 0.352 e. The minimum Gasteiger partial charge on any atom is -0.352 e. The normalized spacial score (nSPS) is 10.3. The second kappa shape index (κ2) is 10.2. The SMILES string of the molecule is CCCCCNC(=O)c1cncc(C(=O)NCCc2ccccc2)c1. The molecule has 2 amide bonds. The fourth-order valence-electron chi connectivity index (χ4n) is 2.43. The standard InChI is InChI=1S/C20H25N3O2/c1-2-3-7-11-22-19(24)17-13-18(15-21-14-17)20(25)23-12-10-16-8-5-4-6-9-16/h4-6,8-9,13-15H,2-3,7,10-12H2,1H3,(H,22,24)(H,23,25). The molecule has 1 aromatic carbocycles. The van der Waals surface area contributed by atoms with E-state index in [1.807, 2.05) is 30.3 Å². The number of nitrogens with zero attached hydrogens (tertiary/aromatic N) is 1. The van der Waals surface area contributed by atoms with Gasteiger partial charge in [-0.2, -0.15) is 0 Å². The Balaban J connectivity index is 1.84. The van der Waals surface area contributed by atoms with Crippen LogP contribution in [0.4, 0.5) is 0 Å². The van der Waals surface area contributed by atoms with E-state index in [1.54, 1.807) is 6.07 Å². The average molecular weight is 339 g/mol. The quantitative estimate of drug-likeness (QED) is 0.690.